The van der Waals surface area contributed by atoms with Crippen LogP contribution in [-0.2, 0) is 27.8 Å². The summed E-state index contributed by atoms with van der Waals surface area (Å²) < 4.78 is 13.2. The third-order valence-electron chi connectivity index (χ3n) is 10.9. The molecule has 4 bridgehead atoms. The average Bonchev–Trinajstić information content (AvgIpc) is 3.68. The van der Waals surface area contributed by atoms with E-state index in [1.54, 1.807) is 13.2 Å². The summed E-state index contributed by atoms with van der Waals surface area (Å²) in [5, 5.41) is 14.4. The summed E-state index contributed by atoms with van der Waals surface area (Å²) in [5.74, 6) is 1.73. The van der Waals surface area contributed by atoms with Gasteiger partial charge in [0, 0.05) is 37.1 Å². The van der Waals surface area contributed by atoms with Crippen molar-refractivity contribution in [3.05, 3.63) is 71.3 Å². The van der Waals surface area contributed by atoms with E-state index < -0.39 is 5.60 Å². The Kier molecular flexibility index (Phi) is 4.77. The normalized spacial score (nSPS) is 37.6. The molecule has 2 aromatic rings. The summed E-state index contributed by atoms with van der Waals surface area (Å²) in [6, 6.07) is 14.3. The molecule has 38 heavy (non-hydrogen) atoms. The van der Waals surface area contributed by atoms with Crippen LogP contribution >= 0.6 is 0 Å². The zero-order valence-corrected chi connectivity index (χ0v) is 22.0. The van der Waals surface area contributed by atoms with Gasteiger partial charge in [0.25, 0.3) is 0 Å². The highest BCUT2D eigenvalue weighted by atomic mass is 16.6. The van der Waals surface area contributed by atoms with Gasteiger partial charge in [-0.25, -0.2) is 0 Å². The standard InChI is InChI=1S/C32H36N2O4/c1-37-32-14-13-30(18-24(32)33-26(36)12-9-20-5-3-2-4-6-20)25-17-22-10-11-23(35)28-27(22)31(30,29(32)38-28)15-16-34(25)19-21-7-8-21/h2-6,10-11,13-14,21,24-25,29,35H,7-9,12,15-19H2,1H3,(H,33,36)/t24?,25-,29?,30+,31-,32?/m0/s1. The molecule has 2 saturated carbocycles. The number of nitrogens with one attached hydrogen (secondary N) is 1. The van der Waals surface area contributed by atoms with Crippen molar-refractivity contribution in [1.82, 2.24) is 10.2 Å². The second-order valence-corrected chi connectivity index (χ2v) is 12.6. The van der Waals surface area contributed by atoms with E-state index in [-0.39, 0.29) is 34.6 Å². The van der Waals surface area contributed by atoms with E-state index in [1.165, 1.54) is 29.5 Å². The minimum Gasteiger partial charge on any atom is -0.504 e. The number of piperidine rings is 1. The molecule has 9 rings (SSSR count). The highest BCUT2D eigenvalue weighted by molar-refractivity contribution is 5.77. The monoisotopic (exact) mass is 512 g/mol. The molecule has 5 aliphatic carbocycles. The number of phenolic OH excluding ortho intramolecular Hbond substituents is 1. The smallest absolute Gasteiger partial charge is 0.220 e. The number of methoxy groups -OCH3 is 1. The number of hydrogen-bond acceptors (Lipinski definition) is 5. The second kappa shape index (κ2) is 7.86. The lowest BCUT2D eigenvalue weighted by Gasteiger charge is -2.71. The molecule has 6 atom stereocenters. The molecule has 2 N–H and O–H groups in total. The van der Waals surface area contributed by atoms with Crippen LogP contribution in [-0.4, -0.2) is 59.9 Å². The first kappa shape index (κ1) is 23.1. The maximum atomic E-state index is 13.4. The predicted octanol–water partition coefficient (Wildman–Crippen LogP) is 3.89. The summed E-state index contributed by atoms with van der Waals surface area (Å²) >= 11 is 0. The van der Waals surface area contributed by atoms with Crippen molar-refractivity contribution in [1.29, 1.82) is 0 Å². The Morgan fingerprint density at radius 1 is 1.18 bits per heavy atom. The maximum Gasteiger partial charge on any atom is 0.220 e. The van der Waals surface area contributed by atoms with E-state index in [1.807, 2.05) is 18.2 Å². The lowest BCUT2D eigenvalue weighted by Crippen LogP contribution is -2.82. The topological polar surface area (TPSA) is 71.0 Å². The number of phenols is 1. The number of rotatable bonds is 7. The summed E-state index contributed by atoms with van der Waals surface area (Å²) in [6.07, 6.45) is 11.0. The fraction of sp³-hybridized carbons (Fsp3) is 0.531. The van der Waals surface area contributed by atoms with Crippen molar-refractivity contribution < 1.29 is 19.4 Å². The number of hydrogen-bond donors (Lipinski definition) is 2. The van der Waals surface area contributed by atoms with Gasteiger partial charge in [-0.3, -0.25) is 9.69 Å². The Balaban J connectivity index is 1.20. The van der Waals surface area contributed by atoms with Crippen molar-refractivity contribution in [3.8, 4) is 11.5 Å². The number of aryl methyl sites for hydroxylation is 1. The van der Waals surface area contributed by atoms with Crippen LogP contribution in [0.25, 0.3) is 0 Å². The molecule has 0 aromatic heterocycles. The first-order valence-electron chi connectivity index (χ1n) is 14.4. The van der Waals surface area contributed by atoms with Gasteiger partial charge in [0.15, 0.2) is 11.5 Å². The molecule has 2 aromatic carbocycles. The van der Waals surface area contributed by atoms with Gasteiger partial charge < -0.3 is 19.9 Å². The van der Waals surface area contributed by atoms with E-state index in [0.29, 0.717) is 24.6 Å². The molecule has 2 heterocycles. The summed E-state index contributed by atoms with van der Waals surface area (Å²) in [6.45, 7) is 2.20. The quantitative estimate of drug-likeness (QED) is 0.551. The molecule has 1 amide bonds. The van der Waals surface area contributed by atoms with E-state index in [9.17, 15) is 9.90 Å². The van der Waals surface area contributed by atoms with E-state index in [4.69, 9.17) is 9.47 Å². The molecule has 3 unspecified atom stereocenters. The van der Waals surface area contributed by atoms with Crippen molar-refractivity contribution in [2.45, 2.75) is 74.1 Å². The zero-order chi connectivity index (χ0) is 25.7. The molecule has 6 nitrogen and oxygen atoms in total. The fourth-order valence-electron chi connectivity index (χ4n) is 9.11. The lowest BCUT2D eigenvalue weighted by atomic mass is 9.38. The van der Waals surface area contributed by atoms with Gasteiger partial charge >= 0.3 is 0 Å². The molecule has 3 fully saturated rings. The van der Waals surface area contributed by atoms with Crippen molar-refractivity contribution in [3.63, 3.8) is 0 Å². The molecule has 2 spiro atoms. The molecule has 0 radical (unpaired) electrons. The highest BCUT2D eigenvalue weighted by Gasteiger charge is 2.79. The van der Waals surface area contributed by atoms with Crippen LogP contribution in [0.4, 0.5) is 0 Å². The lowest BCUT2D eigenvalue weighted by molar-refractivity contribution is -0.203. The zero-order valence-electron chi connectivity index (χ0n) is 22.0. The first-order chi connectivity index (χ1) is 18.5. The van der Waals surface area contributed by atoms with Gasteiger partial charge in [0.2, 0.25) is 5.91 Å². The summed E-state index contributed by atoms with van der Waals surface area (Å²) in [5.41, 5.74) is 2.48. The molecule has 7 aliphatic rings. The minimum absolute atomic E-state index is 0.0523. The van der Waals surface area contributed by atoms with Crippen LogP contribution < -0.4 is 10.1 Å². The summed E-state index contributed by atoms with van der Waals surface area (Å²) in [7, 11) is 1.75. The third-order valence-corrected chi connectivity index (χ3v) is 10.9. The molecule has 1 saturated heterocycles. The Bertz CT molecular complexity index is 1340. The Morgan fingerprint density at radius 2 is 2.03 bits per heavy atom. The number of likely N-dealkylation sites (tertiary alicyclic amines) is 1. The number of aromatic hydroxyl groups is 1. The number of carbonyl (C=O) groups is 1. The minimum atomic E-state index is -0.784. The summed E-state index contributed by atoms with van der Waals surface area (Å²) in [4.78, 5) is 16.1. The van der Waals surface area contributed by atoms with Gasteiger partial charge in [0.1, 0.15) is 11.7 Å². The van der Waals surface area contributed by atoms with E-state index >= 15 is 0 Å². The fourth-order valence-corrected chi connectivity index (χ4v) is 9.11. The first-order valence-corrected chi connectivity index (χ1v) is 14.4. The SMILES string of the molecule is COC12C=C[C@@]3(CC1NC(=O)CCc1ccccc1)[C@@H]1Cc4ccc(O)c5c4[C@@]3(CCN1CC1CC1)C2O5. The van der Waals surface area contributed by atoms with Crippen LogP contribution in [0.1, 0.15) is 48.8 Å². The van der Waals surface area contributed by atoms with Gasteiger partial charge in [-0.15, -0.1) is 0 Å². The number of amides is 1. The van der Waals surface area contributed by atoms with Gasteiger partial charge in [-0.2, -0.15) is 0 Å². The van der Waals surface area contributed by atoms with Crippen LogP contribution in [0.15, 0.2) is 54.6 Å². The molecular weight excluding hydrogens is 476 g/mol. The van der Waals surface area contributed by atoms with Crippen LogP contribution in [0.2, 0.25) is 0 Å². The van der Waals surface area contributed by atoms with Gasteiger partial charge in [-0.1, -0.05) is 48.6 Å². The number of benzene rings is 2. The molecule has 2 aliphatic heterocycles. The number of carbonyl (C=O) groups excluding carboxylic acids is 1. The number of ether oxygens (including phenoxy) is 2. The Morgan fingerprint density at radius 3 is 2.82 bits per heavy atom. The van der Waals surface area contributed by atoms with Gasteiger partial charge in [0.05, 0.1) is 11.5 Å². The highest BCUT2D eigenvalue weighted by Crippen LogP contribution is 2.73. The Labute approximate surface area is 224 Å². The number of nitrogens with zero attached hydrogens (tertiary/aromatic N) is 1. The van der Waals surface area contributed by atoms with Crippen molar-refractivity contribution in [2.75, 3.05) is 20.2 Å². The van der Waals surface area contributed by atoms with E-state index in [2.05, 4.69) is 40.6 Å². The third kappa shape index (κ3) is 2.83. The molecule has 6 heteroatoms. The maximum absolute atomic E-state index is 13.4. The molecule has 198 valence electrons. The van der Waals surface area contributed by atoms with Crippen LogP contribution in [0.3, 0.4) is 0 Å². The predicted molar refractivity (Wildman–Crippen MR) is 143 cm³/mol. The second-order valence-electron chi connectivity index (χ2n) is 12.6. The van der Waals surface area contributed by atoms with Crippen molar-refractivity contribution in [2.24, 2.45) is 11.3 Å². The van der Waals surface area contributed by atoms with Crippen LogP contribution in [0.5, 0.6) is 11.5 Å². The van der Waals surface area contributed by atoms with Crippen molar-refractivity contribution >= 4 is 5.91 Å². The Hall–Kier alpha value is -2.83. The van der Waals surface area contributed by atoms with Crippen LogP contribution in [0, 0.1) is 11.3 Å². The van der Waals surface area contributed by atoms with Gasteiger partial charge in [-0.05, 0) is 68.2 Å². The molecular formula is C32H36N2O4. The van der Waals surface area contributed by atoms with E-state index in [0.717, 1.165) is 38.3 Å². The number of fused-ring (bicyclic) bond motifs is 1. The average molecular weight is 513 g/mol. The largest absolute Gasteiger partial charge is 0.504 e.